The van der Waals surface area contributed by atoms with E-state index < -0.39 is 5.82 Å². The zero-order valence-corrected chi connectivity index (χ0v) is 8.78. The van der Waals surface area contributed by atoms with Crippen molar-refractivity contribution in [2.45, 2.75) is 0 Å². The maximum Gasteiger partial charge on any atom is 0.247 e. The Kier molecular flexibility index (Phi) is 2.87. The number of nitrogen functional groups attached to an aromatic ring is 1. The van der Waals surface area contributed by atoms with Crippen LogP contribution in [0.15, 0.2) is 30.5 Å². The molecule has 0 fully saturated rings. The third kappa shape index (κ3) is 2.20. The zero-order chi connectivity index (χ0) is 11.5. The molecule has 0 spiro atoms. The molecule has 0 aliphatic rings. The van der Waals surface area contributed by atoms with Gasteiger partial charge >= 0.3 is 0 Å². The summed E-state index contributed by atoms with van der Waals surface area (Å²) in [5, 5.41) is -0.0134. The standard InChI is InChI=1S/C10H7ClFN3O/c11-10-14-5-7(13)9(15-10)16-8-4-2-1-3-6(8)12/h1-5H,13H2. The molecule has 1 aromatic carbocycles. The van der Waals surface area contributed by atoms with Gasteiger partial charge in [-0.25, -0.2) is 9.37 Å². The second-order valence-corrected chi connectivity index (χ2v) is 3.27. The number of hydrogen-bond acceptors (Lipinski definition) is 4. The monoisotopic (exact) mass is 239 g/mol. The highest BCUT2D eigenvalue weighted by Gasteiger charge is 2.08. The summed E-state index contributed by atoms with van der Waals surface area (Å²) < 4.78 is 18.5. The first-order valence-corrected chi connectivity index (χ1v) is 4.75. The van der Waals surface area contributed by atoms with E-state index in [4.69, 9.17) is 22.1 Å². The molecule has 0 unspecified atom stereocenters. The molecule has 0 atom stereocenters. The van der Waals surface area contributed by atoms with E-state index in [9.17, 15) is 4.39 Å². The Morgan fingerprint density at radius 2 is 2.06 bits per heavy atom. The molecule has 0 amide bonds. The van der Waals surface area contributed by atoms with Crippen molar-refractivity contribution in [1.29, 1.82) is 0 Å². The number of halogens is 2. The van der Waals surface area contributed by atoms with Gasteiger partial charge in [-0.05, 0) is 23.7 Å². The van der Waals surface area contributed by atoms with Gasteiger partial charge in [0.1, 0.15) is 5.69 Å². The molecule has 0 aliphatic carbocycles. The number of anilines is 1. The molecular formula is C10H7ClFN3O. The molecular weight excluding hydrogens is 233 g/mol. The second-order valence-electron chi connectivity index (χ2n) is 2.93. The lowest BCUT2D eigenvalue weighted by atomic mass is 10.3. The van der Waals surface area contributed by atoms with Crippen LogP contribution in [-0.2, 0) is 0 Å². The summed E-state index contributed by atoms with van der Waals surface area (Å²) in [5.74, 6) is -0.439. The van der Waals surface area contributed by atoms with Gasteiger partial charge < -0.3 is 10.5 Å². The van der Waals surface area contributed by atoms with Gasteiger partial charge in [-0.2, -0.15) is 4.98 Å². The highest BCUT2D eigenvalue weighted by atomic mass is 35.5. The molecule has 82 valence electrons. The van der Waals surface area contributed by atoms with Crippen molar-refractivity contribution in [3.05, 3.63) is 41.6 Å². The van der Waals surface area contributed by atoms with Gasteiger partial charge in [0, 0.05) is 0 Å². The predicted octanol–water partition coefficient (Wildman–Crippen LogP) is 2.64. The SMILES string of the molecule is Nc1cnc(Cl)nc1Oc1ccccc1F. The molecule has 2 rings (SSSR count). The molecule has 0 saturated heterocycles. The number of para-hydroxylation sites is 1. The maximum atomic E-state index is 13.3. The third-order valence-corrected chi connectivity index (χ3v) is 1.98. The fourth-order valence-electron chi connectivity index (χ4n) is 1.07. The molecule has 2 N–H and O–H groups in total. The third-order valence-electron chi connectivity index (χ3n) is 1.79. The van der Waals surface area contributed by atoms with Crippen molar-refractivity contribution in [2.75, 3.05) is 5.73 Å². The molecule has 4 nitrogen and oxygen atoms in total. The number of hydrogen-bond donors (Lipinski definition) is 1. The fraction of sp³-hybridized carbons (Fsp3) is 0. The minimum Gasteiger partial charge on any atom is -0.434 e. The molecule has 0 bridgehead atoms. The Hall–Kier alpha value is -1.88. The molecule has 6 heteroatoms. The fourth-order valence-corrected chi connectivity index (χ4v) is 1.19. The lowest BCUT2D eigenvalue weighted by Crippen LogP contribution is -1.98. The first kappa shape index (κ1) is 10.6. The van der Waals surface area contributed by atoms with E-state index in [-0.39, 0.29) is 22.6 Å². The first-order chi connectivity index (χ1) is 7.66. The van der Waals surface area contributed by atoms with Crippen molar-refractivity contribution in [3.8, 4) is 11.6 Å². The molecule has 1 heterocycles. The van der Waals surface area contributed by atoms with Crippen molar-refractivity contribution in [2.24, 2.45) is 0 Å². The minimum absolute atomic E-state index is 0.0134. The summed E-state index contributed by atoms with van der Waals surface area (Å²) in [6.45, 7) is 0. The van der Waals surface area contributed by atoms with Gasteiger partial charge in [-0.3, -0.25) is 0 Å². The average Bonchev–Trinajstić information content (AvgIpc) is 2.27. The summed E-state index contributed by atoms with van der Waals surface area (Å²) in [6, 6.07) is 5.93. The van der Waals surface area contributed by atoms with Crippen LogP contribution in [0.3, 0.4) is 0 Å². The van der Waals surface area contributed by atoms with E-state index in [2.05, 4.69) is 9.97 Å². The molecule has 2 aromatic rings. The van der Waals surface area contributed by atoms with Gasteiger partial charge in [0.25, 0.3) is 0 Å². The van der Waals surface area contributed by atoms with Crippen molar-refractivity contribution < 1.29 is 9.13 Å². The van der Waals surface area contributed by atoms with Crippen molar-refractivity contribution >= 4 is 17.3 Å². The minimum atomic E-state index is -0.503. The first-order valence-electron chi connectivity index (χ1n) is 4.37. The van der Waals surface area contributed by atoms with Gasteiger partial charge in [-0.1, -0.05) is 12.1 Å². The Morgan fingerprint density at radius 3 is 2.81 bits per heavy atom. The lowest BCUT2D eigenvalue weighted by molar-refractivity contribution is 0.429. The largest absolute Gasteiger partial charge is 0.434 e. The van der Waals surface area contributed by atoms with Crippen LogP contribution in [0.2, 0.25) is 5.28 Å². The number of benzene rings is 1. The maximum absolute atomic E-state index is 13.3. The summed E-state index contributed by atoms with van der Waals surface area (Å²) in [5.41, 5.74) is 5.74. The Labute approximate surface area is 95.9 Å². The summed E-state index contributed by atoms with van der Waals surface area (Å²) in [7, 11) is 0. The van der Waals surface area contributed by atoms with Crippen LogP contribution in [0.25, 0.3) is 0 Å². The van der Waals surface area contributed by atoms with E-state index >= 15 is 0 Å². The van der Waals surface area contributed by atoms with Crippen molar-refractivity contribution in [3.63, 3.8) is 0 Å². The van der Waals surface area contributed by atoms with Gasteiger partial charge in [0.05, 0.1) is 6.20 Å². The van der Waals surface area contributed by atoms with E-state index in [0.717, 1.165) is 0 Å². The predicted molar refractivity (Wildman–Crippen MR) is 57.9 cm³/mol. The van der Waals surface area contributed by atoms with Gasteiger partial charge in [0.2, 0.25) is 11.2 Å². The van der Waals surface area contributed by atoms with Crippen LogP contribution in [0, 0.1) is 5.82 Å². The van der Waals surface area contributed by atoms with Crippen LogP contribution < -0.4 is 10.5 Å². The second kappa shape index (κ2) is 4.32. The zero-order valence-electron chi connectivity index (χ0n) is 8.02. The Balaban J connectivity index is 2.34. The number of ether oxygens (including phenoxy) is 1. The molecule has 0 saturated carbocycles. The van der Waals surface area contributed by atoms with Gasteiger partial charge in [-0.15, -0.1) is 0 Å². The summed E-state index contributed by atoms with van der Waals surface area (Å²) in [4.78, 5) is 7.41. The lowest BCUT2D eigenvalue weighted by Gasteiger charge is -2.07. The van der Waals surface area contributed by atoms with Crippen LogP contribution in [0.1, 0.15) is 0 Å². The highest BCUT2D eigenvalue weighted by molar-refractivity contribution is 6.28. The van der Waals surface area contributed by atoms with E-state index in [1.165, 1.54) is 18.3 Å². The molecule has 1 aromatic heterocycles. The van der Waals surface area contributed by atoms with Crippen LogP contribution in [-0.4, -0.2) is 9.97 Å². The number of nitrogens with zero attached hydrogens (tertiary/aromatic N) is 2. The van der Waals surface area contributed by atoms with Gasteiger partial charge in [0.15, 0.2) is 11.6 Å². The molecule has 0 aliphatic heterocycles. The van der Waals surface area contributed by atoms with Crippen molar-refractivity contribution in [1.82, 2.24) is 9.97 Å². The topological polar surface area (TPSA) is 61.0 Å². The number of aromatic nitrogens is 2. The van der Waals surface area contributed by atoms with E-state index in [0.29, 0.717) is 0 Å². The van der Waals surface area contributed by atoms with Crippen LogP contribution in [0.4, 0.5) is 10.1 Å². The normalized spacial score (nSPS) is 10.1. The molecule has 16 heavy (non-hydrogen) atoms. The number of nitrogens with two attached hydrogens (primary N) is 1. The average molecular weight is 240 g/mol. The van der Waals surface area contributed by atoms with Crippen LogP contribution >= 0.6 is 11.6 Å². The number of rotatable bonds is 2. The summed E-state index contributed by atoms with van der Waals surface area (Å²) >= 11 is 5.57. The molecule has 0 radical (unpaired) electrons. The Bertz CT molecular complexity index is 521. The van der Waals surface area contributed by atoms with Crippen LogP contribution in [0.5, 0.6) is 11.6 Å². The smallest absolute Gasteiger partial charge is 0.247 e. The highest BCUT2D eigenvalue weighted by Crippen LogP contribution is 2.27. The quantitative estimate of drug-likeness (QED) is 0.819. The Morgan fingerprint density at radius 1 is 1.31 bits per heavy atom. The van der Waals surface area contributed by atoms with E-state index in [1.54, 1.807) is 12.1 Å². The summed E-state index contributed by atoms with van der Waals surface area (Å²) in [6.07, 6.45) is 1.30. The van der Waals surface area contributed by atoms with E-state index in [1.807, 2.05) is 0 Å².